The molecule has 0 radical (unpaired) electrons. The third kappa shape index (κ3) is 3.69. The molecular weight excluding hydrogens is 372 g/mol. The molecule has 3 aliphatic rings. The zero-order chi connectivity index (χ0) is 20.5. The zero-order valence-electron chi connectivity index (χ0n) is 16.4. The number of ether oxygens (including phenoxy) is 1. The number of allylic oxidation sites excluding steroid dienone is 3. The second-order valence-corrected chi connectivity index (χ2v) is 7.93. The number of rotatable bonds is 4. The van der Waals surface area contributed by atoms with Gasteiger partial charge in [0.15, 0.2) is 5.78 Å². The molecule has 1 aromatic carbocycles. The molecule has 0 amide bonds. The third-order valence-electron chi connectivity index (χ3n) is 6.01. The summed E-state index contributed by atoms with van der Waals surface area (Å²) >= 11 is 0. The second-order valence-electron chi connectivity index (χ2n) is 7.93. The maximum Gasteiger partial charge on any atom is 0.337 e. The van der Waals surface area contributed by atoms with Crippen LogP contribution in [0, 0.1) is 10.1 Å². The number of esters is 1. The molecule has 0 bridgehead atoms. The van der Waals surface area contributed by atoms with Crippen molar-refractivity contribution in [1.29, 1.82) is 0 Å². The first-order valence-corrected chi connectivity index (χ1v) is 10.1. The minimum Gasteiger partial charge on any atom is -0.459 e. The van der Waals surface area contributed by atoms with E-state index in [1.807, 2.05) is 6.92 Å². The molecule has 7 nitrogen and oxygen atoms in total. The van der Waals surface area contributed by atoms with Crippen LogP contribution in [0.15, 0.2) is 46.8 Å². The molecule has 1 saturated carbocycles. The Morgan fingerprint density at radius 1 is 1.14 bits per heavy atom. The summed E-state index contributed by atoms with van der Waals surface area (Å²) in [5, 5.41) is 14.3. The highest BCUT2D eigenvalue weighted by Gasteiger charge is 2.39. The van der Waals surface area contributed by atoms with Gasteiger partial charge in [-0.15, -0.1) is 0 Å². The van der Waals surface area contributed by atoms with Crippen molar-refractivity contribution in [1.82, 2.24) is 5.32 Å². The van der Waals surface area contributed by atoms with Crippen molar-refractivity contribution in [3.05, 3.63) is 62.5 Å². The lowest BCUT2D eigenvalue weighted by molar-refractivity contribution is -0.384. The van der Waals surface area contributed by atoms with Gasteiger partial charge in [-0.1, -0.05) is 12.1 Å². The summed E-state index contributed by atoms with van der Waals surface area (Å²) in [4.78, 5) is 36.5. The molecule has 1 aliphatic heterocycles. The van der Waals surface area contributed by atoms with E-state index in [4.69, 9.17) is 4.74 Å². The number of nitro benzene ring substituents is 1. The number of carbonyl (C=O) groups is 2. The van der Waals surface area contributed by atoms with Gasteiger partial charge in [-0.25, -0.2) is 4.79 Å². The van der Waals surface area contributed by atoms with Gasteiger partial charge < -0.3 is 10.1 Å². The number of dihydropyridines is 1. The molecule has 1 fully saturated rings. The molecular formula is C22H24N2O5. The molecule has 1 atom stereocenters. The summed E-state index contributed by atoms with van der Waals surface area (Å²) in [6, 6.07) is 6.10. The van der Waals surface area contributed by atoms with Crippen LogP contribution in [0.4, 0.5) is 5.69 Å². The van der Waals surface area contributed by atoms with E-state index in [9.17, 15) is 19.7 Å². The second kappa shape index (κ2) is 7.81. The lowest BCUT2D eigenvalue weighted by Gasteiger charge is -2.34. The van der Waals surface area contributed by atoms with Crippen LogP contribution in [-0.2, 0) is 14.3 Å². The number of ketones is 1. The van der Waals surface area contributed by atoms with E-state index in [2.05, 4.69) is 5.32 Å². The van der Waals surface area contributed by atoms with Gasteiger partial charge in [-0.05, 0) is 51.0 Å². The summed E-state index contributed by atoms with van der Waals surface area (Å²) in [6.45, 7) is 1.83. The van der Waals surface area contributed by atoms with Crippen LogP contribution in [0.2, 0.25) is 0 Å². The van der Waals surface area contributed by atoms with Gasteiger partial charge >= 0.3 is 5.97 Å². The number of nitro groups is 1. The van der Waals surface area contributed by atoms with E-state index >= 15 is 0 Å². The number of nitrogens with one attached hydrogen (secondary N) is 1. The standard InChI is InChI=1S/C22H24N2O5/c1-13-19(22(26)29-16-5-2-3-6-16)20(14-9-11-15(12-10-14)24(27)28)21-17(23-13)7-4-8-18(21)25/h9-12,16,20,23H,2-8H2,1H3/t20-/m0/s1. The number of nitrogens with zero attached hydrogens (tertiary/aromatic N) is 1. The van der Waals surface area contributed by atoms with Crippen molar-refractivity contribution in [3.63, 3.8) is 0 Å². The predicted molar refractivity (Wildman–Crippen MR) is 106 cm³/mol. The molecule has 7 heteroatoms. The molecule has 29 heavy (non-hydrogen) atoms. The maximum absolute atomic E-state index is 13.1. The predicted octanol–water partition coefficient (Wildman–Crippen LogP) is 4.05. The molecule has 1 aromatic rings. The summed E-state index contributed by atoms with van der Waals surface area (Å²) in [6.07, 6.45) is 5.69. The highest BCUT2D eigenvalue weighted by molar-refractivity contribution is 6.03. The number of carbonyl (C=O) groups excluding carboxylic acids is 2. The van der Waals surface area contributed by atoms with Gasteiger partial charge in [0.05, 0.1) is 10.5 Å². The maximum atomic E-state index is 13.1. The largest absolute Gasteiger partial charge is 0.459 e. The van der Waals surface area contributed by atoms with Crippen LogP contribution < -0.4 is 5.32 Å². The average Bonchev–Trinajstić information content (AvgIpc) is 3.20. The van der Waals surface area contributed by atoms with Crippen molar-refractivity contribution in [3.8, 4) is 0 Å². The molecule has 152 valence electrons. The smallest absolute Gasteiger partial charge is 0.337 e. The van der Waals surface area contributed by atoms with Crippen molar-refractivity contribution in [2.75, 3.05) is 0 Å². The monoisotopic (exact) mass is 396 g/mol. The number of hydrogen-bond acceptors (Lipinski definition) is 6. The van der Waals surface area contributed by atoms with Gasteiger partial charge in [-0.3, -0.25) is 14.9 Å². The Labute approximate surface area is 169 Å². The first-order chi connectivity index (χ1) is 14.0. The van der Waals surface area contributed by atoms with E-state index in [-0.39, 0.29) is 17.6 Å². The van der Waals surface area contributed by atoms with Gasteiger partial charge in [0, 0.05) is 41.4 Å². The molecule has 4 rings (SSSR count). The van der Waals surface area contributed by atoms with Gasteiger partial charge in [0.2, 0.25) is 0 Å². The first-order valence-electron chi connectivity index (χ1n) is 10.1. The van der Waals surface area contributed by atoms with E-state index in [1.54, 1.807) is 12.1 Å². The fourth-order valence-corrected chi connectivity index (χ4v) is 4.60. The van der Waals surface area contributed by atoms with Crippen molar-refractivity contribution in [2.24, 2.45) is 0 Å². The average molecular weight is 396 g/mol. The van der Waals surface area contributed by atoms with Crippen LogP contribution in [0.25, 0.3) is 0 Å². The molecule has 0 saturated heterocycles. The van der Waals surface area contributed by atoms with Crippen LogP contribution in [0.1, 0.15) is 63.4 Å². The quantitative estimate of drug-likeness (QED) is 0.468. The molecule has 2 aliphatic carbocycles. The molecule has 1 heterocycles. The van der Waals surface area contributed by atoms with Gasteiger partial charge in [0.25, 0.3) is 5.69 Å². The van der Waals surface area contributed by atoms with Gasteiger partial charge in [-0.2, -0.15) is 0 Å². The topological polar surface area (TPSA) is 98.5 Å². The molecule has 0 unspecified atom stereocenters. The third-order valence-corrected chi connectivity index (χ3v) is 6.01. The minimum absolute atomic E-state index is 0.0146. The van der Waals surface area contributed by atoms with Crippen LogP contribution in [0.5, 0.6) is 0 Å². The number of non-ortho nitro benzene ring substituents is 1. The molecule has 1 N–H and O–H groups in total. The van der Waals surface area contributed by atoms with Crippen LogP contribution in [0.3, 0.4) is 0 Å². The summed E-state index contributed by atoms with van der Waals surface area (Å²) in [5.74, 6) is -0.954. The number of Topliss-reactive ketones (excluding diaryl/α,β-unsaturated/α-hetero) is 1. The number of hydrogen-bond donors (Lipinski definition) is 1. The lowest BCUT2D eigenvalue weighted by Crippen LogP contribution is -2.35. The normalized spacial score (nSPS) is 22.4. The van der Waals surface area contributed by atoms with Crippen LogP contribution >= 0.6 is 0 Å². The Morgan fingerprint density at radius 3 is 2.48 bits per heavy atom. The Morgan fingerprint density at radius 2 is 1.83 bits per heavy atom. The fraction of sp³-hybridized carbons (Fsp3) is 0.455. The fourth-order valence-electron chi connectivity index (χ4n) is 4.60. The number of benzene rings is 1. The van der Waals surface area contributed by atoms with E-state index in [0.29, 0.717) is 28.8 Å². The Kier molecular flexibility index (Phi) is 5.22. The Bertz CT molecular complexity index is 923. The van der Waals surface area contributed by atoms with Crippen molar-refractivity contribution >= 4 is 17.4 Å². The summed E-state index contributed by atoms with van der Waals surface area (Å²) < 4.78 is 5.77. The molecule has 0 spiro atoms. The first kappa shape index (κ1) is 19.4. The van der Waals surface area contributed by atoms with Crippen molar-refractivity contribution < 1.29 is 19.2 Å². The Hall–Kier alpha value is -2.96. The van der Waals surface area contributed by atoms with Crippen molar-refractivity contribution in [2.45, 2.75) is 63.9 Å². The highest BCUT2D eigenvalue weighted by Crippen LogP contribution is 2.43. The van der Waals surface area contributed by atoms with Gasteiger partial charge in [0.1, 0.15) is 6.10 Å². The Balaban J connectivity index is 1.75. The molecule has 0 aromatic heterocycles. The minimum atomic E-state index is -0.561. The zero-order valence-corrected chi connectivity index (χ0v) is 16.4. The van der Waals surface area contributed by atoms with E-state index in [1.165, 1.54) is 12.1 Å². The SMILES string of the molecule is CC1=C(C(=O)OC2CCCC2)[C@H](c2ccc([N+](=O)[O-])cc2)C2=C(CCCC2=O)N1. The lowest BCUT2D eigenvalue weighted by atomic mass is 9.75. The summed E-state index contributed by atoms with van der Waals surface area (Å²) in [7, 11) is 0. The van der Waals surface area contributed by atoms with E-state index in [0.717, 1.165) is 44.2 Å². The highest BCUT2D eigenvalue weighted by atomic mass is 16.6. The van der Waals surface area contributed by atoms with Crippen LogP contribution in [-0.4, -0.2) is 22.8 Å². The summed E-state index contributed by atoms with van der Waals surface area (Å²) in [5.41, 5.74) is 3.22. The van der Waals surface area contributed by atoms with E-state index < -0.39 is 16.8 Å².